The number of rotatable bonds is 2. The van der Waals surface area contributed by atoms with Crippen LogP contribution < -0.4 is 4.74 Å². The molecule has 1 aliphatic carbocycles. The Morgan fingerprint density at radius 3 is 2.33 bits per heavy atom. The molecule has 0 heterocycles. The maximum Gasteiger partial charge on any atom is 0.119 e. The molecule has 1 aromatic carbocycles. The van der Waals surface area contributed by atoms with Crippen molar-refractivity contribution in [3.63, 3.8) is 0 Å². The zero-order valence-corrected chi connectivity index (χ0v) is 13.1. The average Bonchev–Trinajstić information content (AvgIpc) is 2.45. The smallest absolute Gasteiger partial charge is 0.119 e. The molecule has 0 bridgehead atoms. The zero-order valence-electron chi connectivity index (χ0n) is 12.1. The van der Waals surface area contributed by atoms with Gasteiger partial charge in [-0.2, -0.15) is 0 Å². The molecule has 1 unspecified atom stereocenters. The van der Waals surface area contributed by atoms with E-state index < -0.39 is 13.7 Å². The highest BCUT2D eigenvalue weighted by Gasteiger charge is 2.44. The summed E-state index contributed by atoms with van der Waals surface area (Å²) in [5.41, 5.74) is 2.55. The van der Waals surface area contributed by atoms with E-state index in [0.29, 0.717) is 0 Å². The molecule has 0 spiro atoms. The van der Waals surface area contributed by atoms with Gasteiger partial charge in [0.2, 0.25) is 0 Å². The number of hydrogen-bond acceptors (Lipinski definition) is 2. The molecule has 0 aromatic heterocycles. The summed E-state index contributed by atoms with van der Waals surface area (Å²) in [7, 11) is 0.115. The predicted octanol–water partition coefficient (Wildman–Crippen LogP) is 3.57. The molecular formula is C15H22O2Si. The Morgan fingerprint density at radius 1 is 1.22 bits per heavy atom. The van der Waals surface area contributed by atoms with Gasteiger partial charge in [-0.05, 0) is 47.9 Å². The van der Waals surface area contributed by atoms with Gasteiger partial charge in [0.15, 0.2) is 0 Å². The summed E-state index contributed by atoms with van der Waals surface area (Å²) in [5.74, 6) is 0.848. The molecule has 18 heavy (non-hydrogen) atoms. The number of fused-ring (bicyclic) bond motifs is 1. The predicted molar refractivity (Wildman–Crippen MR) is 78.5 cm³/mol. The number of benzene rings is 1. The van der Waals surface area contributed by atoms with Gasteiger partial charge in [0.25, 0.3) is 0 Å². The summed E-state index contributed by atoms with van der Waals surface area (Å²) in [4.78, 5) is 0. The van der Waals surface area contributed by atoms with E-state index in [0.717, 1.165) is 16.9 Å². The van der Waals surface area contributed by atoms with Crippen LogP contribution in [0.25, 0.3) is 5.57 Å². The Bertz CT molecular complexity index is 522. The third kappa shape index (κ3) is 1.82. The Balaban J connectivity index is 2.69. The first-order valence-corrected chi connectivity index (χ1v) is 9.82. The van der Waals surface area contributed by atoms with Crippen LogP contribution in [-0.2, 0) is 5.60 Å². The van der Waals surface area contributed by atoms with Crippen LogP contribution in [-0.4, -0.2) is 20.3 Å². The first kappa shape index (κ1) is 13.4. The number of aliphatic hydroxyl groups is 1. The number of methoxy groups -OCH3 is 1. The summed E-state index contributed by atoms with van der Waals surface area (Å²) in [5, 5.41) is 12.1. The molecule has 0 saturated carbocycles. The lowest BCUT2D eigenvalue weighted by atomic mass is 9.97. The Morgan fingerprint density at radius 2 is 1.83 bits per heavy atom. The van der Waals surface area contributed by atoms with Gasteiger partial charge in [-0.3, -0.25) is 0 Å². The molecule has 0 saturated heterocycles. The van der Waals surface area contributed by atoms with Gasteiger partial charge in [-0.1, -0.05) is 25.7 Å². The van der Waals surface area contributed by atoms with Crippen LogP contribution in [0.2, 0.25) is 19.6 Å². The quantitative estimate of drug-likeness (QED) is 0.826. The first-order chi connectivity index (χ1) is 8.19. The van der Waals surface area contributed by atoms with Crippen molar-refractivity contribution in [2.75, 3.05) is 7.11 Å². The Kier molecular flexibility index (Phi) is 2.95. The minimum atomic E-state index is -1.56. The van der Waals surface area contributed by atoms with Crippen molar-refractivity contribution >= 4 is 13.6 Å². The summed E-state index contributed by atoms with van der Waals surface area (Å²) in [6, 6.07) is 5.95. The summed E-state index contributed by atoms with van der Waals surface area (Å²) >= 11 is 0. The summed E-state index contributed by atoms with van der Waals surface area (Å²) in [6.07, 6.45) is 0. The van der Waals surface area contributed by atoms with E-state index >= 15 is 0 Å². The SMILES string of the molecule is COc1ccc2c(c1)C(C)=C([Si](C)(C)C)C2(C)O. The minimum Gasteiger partial charge on any atom is -0.497 e. The monoisotopic (exact) mass is 262 g/mol. The molecule has 2 nitrogen and oxygen atoms in total. The van der Waals surface area contributed by atoms with Crippen LogP contribution in [0.3, 0.4) is 0 Å². The lowest BCUT2D eigenvalue weighted by Crippen LogP contribution is -2.36. The van der Waals surface area contributed by atoms with Gasteiger partial charge in [-0.15, -0.1) is 0 Å². The molecule has 3 heteroatoms. The van der Waals surface area contributed by atoms with Crippen molar-refractivity contribution in [2.24, 2.45) is 0 Å². The van der Waals surface area contributed by atoms with Crippen LogP contribution in [0.15, 0.2) is 23.4 Å². The van der Waals surface area contributed by atoms with E-state index in [9.17, 15) is 5.11 Å². The second-order valence-corrected chi connectivity index (χ2v) is 11.2. The van der Waals surface area contributed by atoms with E-state index in [-0.39, 0.29) is 0 Å². The molecule has 1 aliphatic rings. The second kappa shape index (κ2) is 3.97. The number of allylic oxidation sites excluding steroid dienone is 1. The van der Waals surface area contributed by atoms with Crippen LogP contribution in [0.4, 0.5) is 0 Å². The lowest BCUT2D eigenvalue weighted by Gasteiger charge is -2.31. The van der Waals surface area contributed by atoms with E-state index in [1.54, 1.807) is 7.11 Å². The summed E-state index contributed by atoms with van der Waals surface area (Å²) < 4.78 is 5.28. The molecule has 1 atom stereocenters. The van der Waals surface area contributed by atoms with E-state index in [4.69, 9.17) is 4.74 Å². The van der Waals surface area contributed by atoms with Crippen molar-refractivity contribution in [1.29, 1.82) is 0 Å². The van der Waals surface area contributed by atoms with Gasteiger partial charge in [0.05, 0.1) is 15.2 Å². The fraction of sp³-hybridized carbons (Fsp3) is 0.467. The highest BCUT2D eigenvalue weighted by atomic mass is 28.3. The molecule has 0 amide bonds. The standard InChI is InChI=1S/C15H22O2Si/c1-10-12-9-11(17-3)7-8-13(12)15(2,16)14(10)18(4,5)6/h7-9,16H,1-6H3. The maximum absolute atomic E-state index is 10.9. The van der Waals surface area contributed by atoms with Crippen molar-refractivity contribution in [3.8, 4) is 5.75 Å². The van der Waals surface area contributed by atoms with E-state index in [1.807, 2.05) is 25.1 Å². The first-order valence-electron chi connectivity index (χ1n) is 6.32. The van der Waals surface area contributed by atoms with E-state index in [2.05, 4.69) is 26.6 Å². The van der Waals surface area contributed by atoms with Gasteiger partial charge < -0.3 is 9.84 Å². The number of ether oxygens (including phenoxy) is 1. The van der Waals surface area contributed by atoms with Crippen molar-refractivity contribution < 1.29 is 9.84 Å². The van der Waals surface area contributed by atoms with Crippen LogP contribution in [0.5, 0.6) is 5.75 Å². The molecule has 1 N–H and O–H groups in total. The van der Waals surface area contributed by atoms with E-state index in [1.165, 1.54) is 10.8 Å². The third-order valence-corrected chi connectivity index (χ3v) is 6.13. The van der Waals surface area contributed by atoms with Gasteiger partial charge in [-0.25, -0.2) is 0 Å². The van der Waals surface area contributed by atoms with Crippen molar-refractivity contribution in [2.45, 2.75) is 39.1 Å². The lowest BCUT2D eigenvalue weighted by molar-refractivity contribution is 0.108. The zero-order chi connectivity index (χ0) is 13.7. The maximum atomic E-state index is 10.9. The molecule has 1 aromatic rings. The van der Waals surface area contributed by atoms with Crippen LogP contribution in [0.1, 0.15) is 25.0 Å². The normalized spacial score (nSPS) is 23.3. The van der Waals surface area contributed by atoms with Gasteiger partial charge >= 0.3 is 0 Å². The average molecular weight is 262 g/mol. The molecule has 98 valence electrons. The molecule has 0 fully saturated rings. The highest BCUT2D eigenvalue weighted by molar-refractivity contribution is 6.84. The van der Waals surface area contributed by atoms with Gasteiger partial charge in [0, 0.05) is 0 Å². The van der Waals surface area contributed by atoms with Crippen LogP contribution in [0, 0.1) is 0 Å². The fourth-order valence-corrected chi connectivity index (χ4v) is 6.17. The van der Waals surface area contributed by atoms with Gasteiger partial charge in [0.1, 0.15) is 11.4 Å². The summed E-state index contributed by atoms with van der Waals surface area (Å²) in [6.45, 7) is 10.9. The third-order valence-electron chi connectivity index (χ3n) is 3.77. The van der Waals surface area contributed by atoms with Crippen LogP contribution >= 0.6 is 0 Å². The Labute approximate surface area is 110 Å². The fourth-order valence-electron chi connectivity index (χ4n) is 3.31. The number of hydrogen-bond donors (Lipinski definition) is 1. The minimum absolute atomic E-state index is 0.823. The van der Waals surface area contributed by atoms with Crippen molar-refractivity contribution in [1.82, 2.24) is 0 Å². The Hall–Kier alpha value is -1.06. The largest absolute Gasteiger partial charge is 0.497 e. The second-order valence-electron chi connectivity index (χ2n) is 6.23. The molecule has 0 radical (unpaired) electrons. The molecular weight excluding hydrogens is 240 g/mol. The topological polar surface area (TPSA) is 29.5 Å². The molecule has 0 aliphatic heterocycles. The highest BCUT2D eigenvalue weighted by Crippen LogP contribution is 2.48. The molecule has 2 rings (SSSR count). The van der Waals surface area contributed by atoms with Crippen molar-refractivity contribution in [3.05, 3.63) is 34.5 Å².